The molecule has 2 nitrogen and oxygen atoms in total. The lowest BCUT2D eigenvalue weighted by Crippen LogP contribution is -2.34. The second-order valence-corrected chi connectivity index (χ2v) is 4.31. The first kappa shape index (κ1) is 11.0. The van der Waals surface area contributed by atoms with E-state index in [-0.39, 0.29) is 0 Å². The van der Waals surface area contributed by atoms with Gasteiger partial charge in [0.1, 0.15) is 0 Å². The van der Waals surface area contributed by atoms with E-state index < -0.39 is 0 Å². The third-order valence-electron chi connectivity index (χ3n) is 2.92. The summed E-state index contributed by atoms with van der Waals surface area (Å²) in [5.74, 6) is 0.947. The molecule has 1 N–H and O–H groups in total. The first-order chi connectivity index (χ1) is 6.33. The Hall–Kier alpha value is -0.0800. The largest absolute Gasteiger partial charge is 0.317 e. The Morgan fingerprint density at radius 2 is 2.00 bits per heavy atom. The molecule has 0 amide bonds. The van der Waals surface area contributed by atoms with Gasteiger partial charge in [0.2, 0.25) is 0 Å². The van der Waals surface area contributed by atoms with Gasteiger partial charge in [-0.2, -0.15) is 0 Å². The van der Waals surface area contributed by atoms with Crippen molar-refractivity contribution in [1.82, 2.24) is 10.2 Å². The average Bonchev–Trinajstić information content (AvgIpc) is 2.16. The second-order valence-electron chi connectivity index (χ2n) is 4.31. The third kappa shape index (κ3) is 4.63. The molecule has 1 heterocycles. The molecule has 0 bridgehead atoms. The van der Waals surface area contributed by atoms with Crippen molar-refractivity contribution in [3.8, 4) is 0 Å². The van der Waals surface area contributed by atoms with Crippen LogP contribution in [0.25, 0.3) is 0 Å². The Balaban J connectivity index is 2.07. The molecule has 1 aliphatic rings. The van der Waals surface area contributed by atoms with E-state index in [1.54, 1.807) is 0 Å². The Bertz CT molecular complexity index is 119. The predicted octanol–water partition coefficient (Wildman–Crippen LogP) is 1.72. The van der Waals surface area contributed by atoms with Gasteiger partial charge in [-0.1, -0.05) is 13.3 Å². The van der Waals surface area contributed by atoms with Gasteiger partial charge in [-0.15, -0.1) is 0 Å². The van der Waals surface area contributed by atoms with Crippen molar-refractivity contribution in [3.63, 3.8) is 0 Å². The van der Waals surface area contributed by atoms with Crippen molar-refractivity contribution in [1.29, 1.82) is 0 Å². The second kappa shape index (κ2) is 6.39. The van der Waals surface area contributed by atoms with Gasteiger partial charge in [-0.25, -0.2) is 0 Å². The molecule has 1 fully saturated rings. The van der Waals surface area contributed by atoms with Crippen LogP contribution in [0.5, 0.6) is 0 Å². The summed E-state index contributed by atoms with van der Waals surface area (Å²) in [7, 11) is 2.26. The molecule has 0 atom stereocenters. The average molecular weight is 184 g/mol. The molecule has 1 rings (SSSR count). The number of unbranched alkanes of at least 4 members (excludes halogenated alkanes) is 1. The summed E-state index contributed by atoms with van der Waals surface area (Å²) < 4.78 is 0. The lowest BCUT2D eigenvalue weighted by Gasteiger charge is -2.27. The van der Waals surface area contributed by atoms with Gasteiger partial charge in [-0.05, 0) is 51.9 Å². The van der Waals surface area contributed by atoms with Crippen LogP contribution in [0.2, 0.25) is 0 Å². The topological polar surface area (TPSA) is 15.3 Å². The lowest BCUT2D eigenvalue weighted by atomic mass is 9.98. The number of hydrogen-bond donors (Lipinski definition) is 1. The van der Waals surface area contributed by atoms with Crippen molar-refractivity contribution in [2.24, 2.45) is 5.92 Å². The summed E-state index contributed by atoms with van der Waals surface area (Å²) in [4.78, 5) is 2.50. The van der Waals surface area contributed by atoms with E-state index >= 15 is 0 Å². The van der Waals surface area contributed by atoms with Gasteiger partial charge in [0.25, 0.3) is 0 Å². The molecule has 0 aromatic heterocycles. The Labute approximate surface area is 82.7 Å². The maximum absolute atomic E-state index is 3.41. The van der Waals surface area contributed by atoms with Gasteiger partial charge >= 0.3 is 0 Å². The van der Waals surface area contributed by atoms with E-state index in [1.807, 2.05) is 0 Å². The molecule has 0 unspecified atom stereocenters. The Kier molecular flexibility index (Phi) is 5.40. The van der Waals surface area contributed by atoms with E-state index in [9.17, 15) is 0 Å². The van der Waals surface area contributed by atoms with Crippen molar-refractivity contribution >= 4 is 0 Å². The minimum absolute atomic E-state index is 0.947. The molecule has 1 aliphatic heterocycles. The molecular weight excluding hydrogens is 160 g/mol. The number of piperidine rings is 1. The summed E-state index contributed by atoms with van der Waals surface area (Å²) in [6.07, 6.45) is 5.41. The first-order valence-corrected chi connectivity index (χ1v) is 5.72. The first-order valence-electron chi connectivity index (χ1n) is 5.72. The zero-order chi connectivity index (χ0) is 9.52. The number of nitrogens with zero attached hydrogens (tertiary/aromatic N) is 1. The summed E-state index contributed by atoms with van der Waals surface area (Å²) in [5, 5.41) is 3.41. The van der Waals surface area contributed by atoms with Crippen LogP contribution in [0, 0.1) is 5.92 Å². The number of nitrogens with one attached hydrogen (secondary N) is 1. The quantitative estimate of drug-likeness (QED) is 0.700. The molecule has 0 aromatic carbocycles. The molecule has 2 heteroatoms. The van der Waals surface area contributed by atoms with Gasteiger partial charge < -0.3 is 10.2 Å². The standard InChI is InChI=1S/C11H24N2/c1-3-4-9-13(2)10-11-5-7-12-8-6-11/h11-12H,3-10H2,1-2H3. The fraction of sp³-hybridized carbons (Fsp3) is 1.00. The molecule has 0 saturated carbocycles. The van der Waals surface area contributed by atoms with Crippen LogP contribution in [0.15, 0.2) is 0 Å². The van der Waals surface area contributed by atoms with Crippen LogP contribution < -0.4 is 5.32 Å². The molecule has 0 radical (unpaired) electrons. The molecule has 78 valence electrons. The normalized spacial score (nSPS) is 19.6. The van der Waals surface area contributed by atoms with Gasteiger partial charge in [0.15, 0.2) is 0 Å². The van der Waals surface area contributed by atoms with Crippen molar-refractivity contribution in [2.45, 2.75) is 32.6 Å². The highest BCUT2D eigenvalue weighted by molar-refractivity contribution is 4.71. The van der Waals surface area contributed by atoms with Gasteiger partial charge in [0, 0.05) is 6.54 Å². The van der Waals surface area contributed by atoms with Crippen LogP contribution in [0.3, 0.4) is 0 Å². The highest BCUT2D eigenvalue weighted by atomic mass is 15.1. The maximum Gasteiger partial charge on any atom is 0.000755 e. The zero-order valence-corrected chi connectivity index (χ0v) is 9.18. The number of rotatable bonds is 5. The van der Waals surface area contributed by atoms with Crippen LogP contribution >= 0.6 is 0 Å². The Morgan fingerprint density at radius 1 is 1.31 bits per heavy atom. The SMILES string of the molecule is CCCCN(C)CC1CCNCC1. The molecule has 13 heavy (non-hydrogen) atoms. The zero-order valence-electron chi connectivity index (χ0n) is 9.18. The molecule has 0 aliphatic carbocycles. The van der Waals surface area contributed by atoms with Gasteiger partial charge in [0.05, 0.1) is 0 Å². The smallest absolute Gasteiger partial charge is 0.000755 e. The van der Waals surface area contributed by atoms with E-state index in [2.05, 4.69) is 24.2 Å². The predicted molar refractivity (Wildman–Crippen MR) is 58.0 cm³/mol. The molecule has 0 spiro atoms. The van der Waals surface area contributed by atoms with E-state index in [4.69, 9.17) is 0 Å². The molecule has 1 saturated heterocycles. The third-order valence-corrected chi connectivity index (χ3v) is 2.92. The van der Waals surface area contributed by atoms with E-state index in [1.165, 1.54) is 51.9 Å². The van der Waals surface area contributed by atoms with Gasteiger partial charge in [-0.3, -0.25) is 0 Å². The summed E-state index contributed by atoms with van der Waals surface area (Å²) in [6.45, 7) is 7.30. The minimum atomic E-state index is 0.947. The fourth-order valence-corrected chi connectivity index (χ4v) is 2.02. The minimum Gasteiger partial charge on any atom is -0.317 e. The number of hydrogen-bond acceptors (Lipinski definition) is 2. The van der Waals surface area contributed by atoms with Crippen molar-refractivity contribution in [2.75, 3.05) is 33.2 Å². The van der Waals surface area contributed by atoms with E-state index in [0.717, 1.165) is 5.92 Å². The summed E-state index contributed by atoms with van der Waals surface area (Å²) in [6, 6.07) is 0. The molecular formula is C11H24N2. The highest BCUT2D eigenvalue weighted by Crippen LogP contribution is 2.12. The Morgan fingerprint density at radius 3 is 2.62 bits per heavy atom. The maximum atomic E-state index is 3.41. The van der Waals surface area contributed by atoms with Crippen LogP contribution in [0.4, 0.5) is 0 Å². The lowest BCUT2D eigenvalue weighted by molar-refractivity contribution is 0.238. The van der Waals surface area contributed by atoms with Crippen molar-refractivity contribution in [3.05, 3.63) is 0 Å². The van der Waals surface area contributed by atoms with Crippen molar-refractivity contribution < 1.29 is 0 Å². The highest BCUT2D eigenvalue weighted by Gasteiger charge is 2.14. The monoisotopic (exact) mass is 184 g/mol. The molecule has 0 aromatic rings. The van der Waals surface area contributed by atoms with Crippen LogP contribution in [0.1, 0.15) is 32.6 Å². The van der Waals surface area contributed by atoms with Crippen LogP contribution in [-0.4, -0.2) is 38.1 Å². The van der Waals surface area contributed by atoms with Crippen LogP contribution in [-0.2, 0) is 0 Å². The summed E-state index contributed by atoms with van der Waals surface area (Å²) in [5.41, 5.74) is 0. The fourth-order valence-electron chi connectivity index (χ4n) is 2.02. The summed E-state index contributed by atoms with van der Waals surface area (Å²) >= 11 is 0. The van der Waals surface area contributed by atoms with E-state index in [0.29, 0.717) is 0 Å².